The molecule has 3 heteroatoms. The Morgan fingerprint density at radius 1 is 1.24 bits per heavy atom. The number of benzene rings is 1. The van der Waals surface area contributed by atoms with Crippen LogP contribution in [0.25, 0.3) is 0 Å². The predicted octanol–water partition coefficient (Wildman–Crippen LogP) is 3.17. The Morgan fingerprint density at radius 2 is 1.81 bits per heavy atom. The summed E-state index contributed by atoms with van der Waals surface area (Å²) in [6.07, 6.45) is 0.473. The molecule has 0 radical (unpaired) electrons. The van der Waals surface area contributed by atoms with Crippen LogP contribution in [0.2, 0.25) is 0 Å². The molecule has 1 unspecified atom stereocenters. The fourth-order valence-electron chi connectivity index (χ4n) is 3.22. The van der Waals surface area contributed by atoms with E-state index in [1.54, 1.807) is 0 Å². The summed E-state index contributed by atoms with van der Waals surface area (Å²) in [4.78, 5) is 12.2. The van der Waals surface area contributed by atoms with Gasteiger partial charge in [-0.05, 0) is 28.7 Å². The molecule has 1 aliphatic rings. The summed E-state index contributed by atoms with van der Waals surface area (Å²) in [7, 11) is 0. The topological polar surface area (TPSA) is 52.9 Å². The monoisotopic (exact) mass is 284 g/mol. The summed E-state index contributed by atoms with van der Waals surface area (Å²) in [6, 6.07) is 11.8. The lowest BCUT2D eigenvalue weighted by Crippen LogP contribution is -2.33. The first-order valence-electron chi connectivity index (χ1n) is 7.52. The predicted molar refractivity (Wildman–Crippen MR) is 83.3 cm³/mol. The number of rotatable bonds is 5. The molecule has 1 aromatic carbocycles. The molecule has 0 saturated heterocycles. The zero-order valence-corrected chi connectivity index (χ0v) is 13.3. The first kappa shape index (κ1) is 15.6. The highest BCUT2D eigenvalue weighted by molar-refractivity contribution is 5.81. The number of hydrogen-bond donors (Lipinski definition) is 1. The third kappa shape index (κ3) is 2.95. The van der Waals surface area contributed by atoms with Crippen molar-refractivity contribution < 1.29 is 4.79 Å². The maximum Gasteiger partial charge on any atom is 0.237 e. The average molecular weight is 284 g/mol. The van der Waals surface area contributed by atoms with Crippen molar-refractivity contribution in [1.82, 2.24) is 5.32 Å². The van der Waals surface area contributed by atoms with Crippen LogP contribution in [0.3, 0.4) is 0 Å². The van der Waals surface area contributed by atoms with Crippen molar-refractivity contribution in [2.45, 2.75) is 34.1 Å². The Kier molecular flexibility index (Phi) is 4.09. The zero-order chi connectivity index (χ0) is 15.7. The third-order valence-electron chi connectivity index (χ3n) is 5.56. The highest BCUT2D eigenvalue weighted by atomic mass is 16.1. The lowest BCUT2D eigenvalue weighted by Gasteiger charge is -2.11. The SMILES string of the molecule is CC1(C)C(CNC(=O)C(C#N)Cc2ccccc2)C1(C)C. The van der Waals surface area contributed by atoms with Gasteiger partial charge in [-0.2, -0.15) is 5.26 Å². The van der Waals surface area contributed by atoms with Crippen molar-refractivity contribution in [3.8, 4) is 6.07 Å². The molecule has 1 amide bonds. The van der Waals surface area contributed by atoms with Crippen LogP contribution in [0.15, 0.2) is 30.3 Å². The smallest absolute Gasteiger partial charge is 0.237 e. The van der Waals surface area contributed by atoms with Gasteiger partial charge in [0.15, 0.2) is 0 Å². The van der Waals surface area contributed by atoms with Gasteiger partial charge in [-0.1, -0.05) is 58.0 Å². The molecule has 0 spiro atoms. The van der Waals surface area contributed by atoms with E-state index in [1.165, 1.54) is 0 Å². The van der Waals surface area contributed by atoms with Crippen LogP contribution >= 0.6 is 0 Å². The molecule has 1 aromatic rings. The fraction of sp³-hybridized carbons (Fsp3) is 0.556. The van der Waals surface area contributed by atoms with E-state index in [0.29, 0.717) is 18.9 Å². The Balaban J connectivity index is 1.89. The maximum absolute atomic E-state index is 12.2. The fourth-order valence-corrected chi connectivity index (χ4v) is 3.22. The molecule has 21 heavy (non-hydrogen) atoms. The largest absolute Gasteiger partial charge is 0.355 e. The van der Waals surface area contributed by atoms with Crippen LogP contribution < -0.4 is 5.32 Å². The second-order valence-corrected chi connectivity index (χ2v) is 7.11. The minimum absolute atomic E-state index is 0.153. The Labute approximate surface area is 127 Å². The normalized spacial score (nSPS) is 20.3. The van der Waals surface area contributed by atoms with Gasteiger partial charge >= 0.3 is 0 Å². The van der Waals surface area contributed by atoms with Crippen molar-refractivity contribution in [3.63, 3.8) is 0 Å². The second kappa shape index (κ2) is 5.52. The molecular weight excluding hydrogens is 260 g/mol. The Morgan fingerprint density at radius 3 is 2.29 bits per heavy atom. The number of amides is 1. The molecular formula is C18H24N2O. The van der Waals surface area contributed by atoms with Crippen molar-refractivity contribution in [1.29, 1.82) is 5.26 Å². The molecule has 0 aromatic heterocycles. The van der Waals surface area contributed by atoms with Gasteiger partial charge in [0.25, 0.3) is 0 Å². The number of hydrogen-bond acceptors (Lipinski definition) is 2. The average Bonchev–Trinajstić information content (AvgIpc) is 2.84. The number of nitriles is 1. The van der Waals surface area contributed by atoms with E-state index in [1.807, 2.05) is 30.3 Å². The van der Waals surface area contributed by atoms with Crippen LogP contribution in [-0.2, 0) is 11.2 Å². The van der Waals surface area contributed by atoms with Crippen molar-refractivity contribution in [2.24, 2.45) is 22.7 Å². The van der Waals surface area contributed by atoms with Gasteiger partial charge < -0.3 is 5.32 Å². The van der Waals surface area contributed by atoms with Crippen LogP contribution in [-0.4, -0.2) is 12.5 Å². The molecule has 0 bridgehead atoms. The van der Waals surface area contributed by atoms with Gasteiger partial charge in [0.05, 0.1) is 6.07 Å². The van der Waals surface area contributed by atoms with Crippen LogP contribution in [0.1, 0.15) is 33.3 Å². The highest BCUT2D eigenvalue weighted by Crippen LogP contribution is 2.67. The van der Waals surface area contributed by atoms with E-state index in [2.05, 4.69) is 39.1 Å². The lowest BCUT2D eigenvalue weighted by atomic mass is 10.00. The van der Waals surface area contributed by atoms with Crippen LogP contribution in [0.5, 0.6) is 0 Å². The van der Waals surface area contributed by atoms with Crippen molar-refractivity contribution in [2.75, 3.05) is 6.54 Å². The summed E-state index contributed by atoms with van der Waals surface area (Å²) in [5.74, 6) is -0.290. The molecule has 1 N–H and O–H groups in total. The first-order chi connectivity index (χ1) is 9.80. The van der Waals surface area contributed by atoms with Gasteiger partial charge in [-0.15, -0.1) is 0 Å². The van der Waals surface area contributed by atoms with Crippen molar-refractivity contribution >= 4 is 5.91 Å². The Bertz CT molecular complexity index is 540. The lowest BCUT2D eigenvalue weighted by molar-refractivity contribution is -0.123. The Hall–Kier alpha value is -1.82. The van der Waals surface area contributed by atoms with Gasteiger partial charge in [0.1, 0.15) is 5.92 Å². The van der Waals surface area contributed by atoms with Crippen LogP contribution in [0.4, 0.5) is 0 Å². The quantitative estimate of drug-likeness (QED) is 0.903. The number of nitrogens with zero attached hydrogens (tertiary/aromatic N) is 1. The number of nitrogens with one attached hydrogen (secondary N) is 1. The number of carbonyl (C=O) groups excluding carboxylic acids is 1. The summed E-state index contributed by atoms with van der Waals surface area (Å²) in [6.45, 7) is 9.59. The minimum atomic E-state index is -0.614. The first-order valence-corrected chi connectivity index (χ1v) is 7.52. The van der Waals surface area contributed by atoms with E-state index >= 15 is 0 Å². The second-order valence-electron chi connectivity index (χ2n) is 7.11. The standard InChI is InChI=1S/C18H24N2O/c1-17(2)15(18(17,3)4)12-20-16(21)14(11-19)10-13-8-6-5-7-9-13/h5-9,14-15H,10,12H2,1-4H3,(H,20,21). The minimum Gasteiger partial charge on any atom is -0.355 e. The molecule has 3 nitrogen and oxygen atoms in total. The molecule has 1 fully saturated rings. The van der Waals surface area contributed by atoms with E-state index in [0.717, 1.165) is 5.56 Å². The molecule has 0 aliphatic heterocycles. The molecule has 1 saturated carbocycles. The van der Waals surface area contributed by atoms with Crippen LogP contribution in [0, 0.1) is 34.0 Å². The molecule has 112 valence electrons. The molecule has 1 atom stereocenters. The van der Waals surface area contributed by atoms with E-state index in [-0.39, 0.29) is 16.7 Å². The summed E-state index contributed by atoms with van der Waals surface area (Å²) >= 11 is 0. The van der Waals surface area contributed by atoms with Gasteiger partial charge in [0.2, 0.25) is 5.91 Å². The molecule has 2 rings (SSSR count). The van der Waals surface area contributed by atoms with E-state index < -0.39 is 5.92 Å². The summed E-state index contributed by atoms with van der Waals surface area (Å²) in [5, 5.41) is 12.2. The zero-order valence-electron chi connectivity index (χ0n) is 13.3. The highest BCUT2D eigenvalue weighted by Gasteiger charge is 2.64. The summed E-state index contributed by atoms with van der Waals surface area (Å²) in [5.41, 5.74) is 1.52. The maximum atomic E-state index is 12.2. The number of carbonyl (C=O) groups is 1. The summed E-state index contributed by atoms with van der Waals surface area (Å²) < 4.78 is 0. The molecule has 1 aliphatic carbocycles. The third-order valence-corrected chi connectivity index (χ3v) is 5.56. The van der Waals surface area contributed by atoms with Gasteiger partial charge in [-0.25, -0.2) is 0 Å². The van der Waals surface area contributed by atoms with Crippen molar-refractivity contribution in [3.05, 3.63) is 35.9 Å². The van der Waals surface area contributed by atoms with E-state index in [9.17, 15) is 10.1 Å². The van der Waals surface area contributed by atoms with E-state index in [4.69, 9.17) is 0 Å². The van der Waals surface area contributed by atoms with Gasteiger partial charge in [0, 0.05) is 6.54 Å². The molecule has 0 heterocycles. The van der Waals surface area contributed by atoms with Gasteiger partial charge in [-0.3, -0.25) is 4.79 Å².